The van der Waals surface area contributed by atoms with Gasteiger partial charge in [-0.15, -0.1) is 11.3 Å². The second-order valence-corrected chi connectivity index (χ2v) is 8.00. The number of aromatic amines is 1. The van der Waals surface area contributed by atoms with Gasteiger partial charge in [-0.3, -0.25) is 9.69 Å². The quantitative estimate of drug-likeness (QED) is 0.507. The van der Waals surface area contributed by atoms with Gasteiger partial charge in [-0.2, -0.15) is 0 Å². The lowest BCUT2D eigenvalue weighted by molar-refractivity contribution is 0.181. The molecule has 1 fully saturated rings. The van der Waals surface area contributed by atoms with E-state index in [1.54, 1.807) is 4.90 Å². The van der Waals surface area contributed by atoms with Crippen LogP contribution in [-0.4, -0.2) is 29.2 Å². The molecule has 5 rings (SSSR count). The molecule has 0 spiro atoms. The second-order valence-electron chi connectivity index (χ2n) is 6.54. The summed E-state index contributed by atoms with van der Waals surface area (Å²) in [5.74, 6) is 0.445. The van der Waals surface area contributed by atoms with Crippen LogP contribution in [0.15, 0.2) is 59.4 Å². The average Bonchev–Trinajstić information content (AvgIpc) is 3.35. The van der Waals surface area contributed by atoms with E-state index in [-0.39, 0.29) is 11.7 Å². The van der Waals surface area contributed by atoms with Gasteiger partial charge in [-0.1, -0.05) is 41.9 Å². The molecule has 3 heterocycles. The Morgan fingerprint density at radius 1 is 1.10 bits per heavy atom. The number of amides is 1. The Labute approximate surface area is 174 Å². The minimum atomic E-state index is -0.374. The topological polar surface area (TPSA) is 75.3 Å². The Balaban J connectivity index is 1.59. The number of H-pyrrole nitrogens is 1. The van der Waals surface area contributed by atoms with Gasteiger partial charge in [0.25, 0.3) is 5.56 Å². The minimum absolute atomic E-state index is 0.209. The third kappa shape index (κ3) is 3.18. The maximum atomic E-state index is 12.7. The van der Waals surface area contributed by atoms with Gasteiger partial charge in [0.05, 0.1) is 12.1 Å². The molecule has 0 radical (unpaired) electrons. The number of thiophene rings is 1. The highest BCUT2D eigenvalue weighted by Crippen LogP contribution is 2.35. The molecule has 8 heteroatoms. The van der Waals surface area contributed by atoms with Crippen LogP contribution in [0.3, 0.4) is 0 Å². The zero-order valence-corrected chi connectivity index (χ0v) is 16.6. The number of carbonyl (C=O) groups excluding carboxylic acids is 1. The first kappa shape index (κ1) is 17.9. The summed E-state index contributed by atoms with van der Waals surface area (Å²) in [6, 6.07) is 16.7. The predicted molar refractivity (Wildman–Crippen MR) is 115 cm³/mol. The van der Waals surface area contributed by atoms with E-state index in [9.17, 15) is 9.59 Å². The van der Waals surface area contributed by atoms with Crippen LogP contribution in [0, 0.1) is 0 Å². The van der Waals surface area contributed by atoms with E-state index < -0.39 is 0 Å². The summed E-state index contributed by atoms with van der Waals surface area (Å²) in [4.78, 5) is 34.5. The Bertz CT molecular complexity index is 1310. The highest BCUT2D eigenvalue weighted by atomic mass is 35.5. The lowest BCUT2D eigenvalue weighted by Gasteiger charge is -2.13. The first-order valence-corrected chi connectivity index (χ1v) is 10.1. The zero-order chi connectivity index (χ0) is 20.0. The Morgan fingerprint density at radius 3 is 2.76 bits per heavy atom. The number of rotatable bonds is 3. The highest BCUT2D eigenvalue weighted by Gasteiger charge is 2.24. The molecule has 4 aromatic rings. The number of hydrogen-bond donors (Lipinski definition) is 1. The van der Waals surface area contributed by atoms with Gasteiger partial charge in [0.1, 0.15) is 17.1 Å². The molecule has 0 aliphatic carbocycles. The Morgan fingerprint density at radius 2 is 1.97 bits per heavy atom. The van der Waals surface area contributed by atoms with E-state index >= 15 is 0 Å². The van der Waals surface area contributed by atoms with Gasteiger partial charge >= 0.3 is 6.09 Å². The molecular weight excluding hydrogens is 410 g/mol. The van der Waals surface area contributed by atoms with Crippen LogP contribution in [0.4, 0.5) is 10.5 Å². The summed E-state index contributed by atoms with van der Waals surface area (Å²) >= 11 is 7.66. The molecule has 0 unspecified atom stereocenters. The van der Waals surface area contributed by atoms with Gasteiger partial charge in [-0.25, -0.2) is 9.78 Å². The van der Waals surface area contributed by atoms with Crippen molar-refractivity contribution in [3.63, 3.8) is 0 Å². The number of fused-ring (bicyclic) bond motifs is 1. The van der Waals surface area contributed by atoms with Gasteiger partial charge in [0.2, 0.25) is 0 Å². The van der Waals surface area contributed by atoms with E-state index in [0.717, 1.165) is 10.4 Å². The molecule has 1 aliphatic heterocycles. The van der Waals surface area contributed by atoms with E-state index in [1.807, 2.05) is 54.6 Å². The summed E-state index contributed by atoms with van der Waals surface area (Å²) in [7, 11) is 0. The van der Waals surface area contributed by atoms with Crippen LogP contribution < -0.4 is 10.5 Å². The monoisotopic (exact) mass is 423 g/mol. The van der Waals surface area contributed by atoms with E-state index in [1.165, 1.54) is 11.3 Å². The van der Waals surface area contributed by atoms with Crippen molar-refractivity contribution < 1.29 is 9.53 Å². The molecule has 6 nitrogen and oxygen atoms in total. The number of hydrogen-bond acceptors (Lipinski definition) is 5. The summed E-state index contributed by atoms with van der Waals surface area (Å²) in [5.41, 5.74) is 2.68. The molecule has 1 amide bonds. The number of cyclic esters (lactones) is 1. The standard InChI is InChI=1S/C21H14ClN3O3S/c22-15-7-2-1-6-14(15)17-11-16-18(29-17)20(26)24-19(23-16)12-4-3-5-13(10-12)25-8-9-28-21(25)27/h1-7,10-11H,8-9H2,(H,23,24,26). The van der Waals surface area contributed by atoms with Crippen LogP contribution in [0.1, 0.15) is 0 Å². The summed E-state index contributed by atoms with van der Waals surface area (Å²) < 4.78 is 5.55. The number of ether oxygens (including phenoxy) is 1. The van der Waals surface area contributed by atoms with Crippen LogP contribution in [0.2, 0.25) is 5.02 Å². The van der Waals surface area contributed by atoms with Gasteiger partial charge in [-0.05, 0) is 24.3 Å². The molecule has 144 valence electrons. The molecule has 0 saturated carbocycles. The molecule has 1 aliphatic rings. The number of carbonyl (C=O) groups is 1. The van der Waals surface area contributed by atoms with Crippen LogP contribution in [0.5, 0.6) is 0 Å². The average molecular weight is 424 g/mol. The van der Waals surface area contributed by atoms with Crippen LogP contribution >= 0.6 is 22.9 Å². The lowest BCUT2D eigenvalue weighted by atomic mass is 10.1. The summed E-state index contributed by atoms with van der Waals surface area (Å²) in [6.07, 6.45) is -0.374. The molecule has 1 N–H and O–H groups in total. The van der Waals surface area contributed by atoms with Crippen LogP contribution in [0.25, 0.3) is 32.0 Å². The minimum Gasteiger partial charge on any atom is -0.447 e. The fourth-order valence-corrected chi connectivity index (χ4v) is 4.64. The normalized spacial score (nSPS) is 13.8. The molecule has 1 saturated heterocycles. The summed E-state index contributed by atoms with van der Waals surface area (Å²) in [6.45, 7) is 0.862. The number of benzene rings is 2. The van der Waals surface area contributed by atoms with Crippen molar-refractivity contribution in [1.82, 2.24) is 9.97 Å². The smallest absolute Gasteiger partial charge is 0.414 e. The van der Waals surface area contributed by atoms with Crippen molar-refractivity contribution >= 4 is 44.9 Å². The third-order valence-corrected chi connectivity index (χ3v) is 6.20. The number of nitrogens with one attached hydrogen (secondary N) is 1. The van der Waals surface area contributed by atoms with E-state index in [2.05, 4.69) is 9.97 Å². The molecular formula is C21H14ClN3O3S. The lowest BCUT2D eigenvalue weighted by Crippen LogP contribution is -2.23. The zero-order valence-electron chi connectivity index (χ0n) is 15.0. The molecule has 2 aromatic carbocycles. The van der Waals surface area contributed by atoms with Gasteiger partial charge in [0.15, 0.2) is 0 Å². The fraction of sp³-hybridized carbons (Fsp3) is 0.0952. The van der Waals surface area contributed by atoms with E-state index in [4.69, 9.17) is 16.3 Å². The van der Waals surface area contributed by atoms with Crippen molar-refractivity contribution in [1.29, 1.82) is 0 Å². The SMILES string of the molecule is O=C1OCCN1c1cccc(-c2nc3cc(-c4ccccc4Cl)sc3c(=O)[nH]2)c1. The Hall–Kier alpha value is -3.16. The Kier molecular flexibility index (Phi) is 4.34. The van der Waals surface area contributed by atoms with Crippen molar-refractivity contribution in [2.45, 2.75) is 0 Å². The molecule has 29 heavy (non-hydrogen) atoms. The largest absolute Gasteiger partial charge is 0.447 e. The molecule has 2 aromatic heterocycles. The maximum Gasteiger partial charge on any atom is 0.414 e. The van der Waals surface area contributed by atoms with Crippen molar-refractivity contribution in [2.75, 3.05) is 18.1 Å². The second kappa shape index (κ2) is 7.02. The maximum absolute atomic E-state index is 12.7. The predicted octanol–water partition coefficient (Wildman–Crippen LogP) is 4.93. The van der Waals surface area contributed by atoms with Crippen molar-refractivity contribution in [3.05, 3.63) is 70.0 Å². The molecule has 0 atom stereocenters. The van der Waals surface area contributed by atoms with Gasteiger partial charge < -0.3 is 9.72 Å². The van der Waals surface area contributed by atoms with Crippen molar-refractivity contribution in [3.8, 4) is 21.8 Å². The first-order chi connectivity index (χ1) is 14.1. The number of aromatic nitrogens is 2. The van der Waals surface area contributed by atoms with Crippen LogP contribution in [-0.2, 0) is 4.74 Å². The third-order valence-electron chi connectivity index (χ3n) is 4.71. The number of anilines is 1. The highest BCUT2D eigenvalue weighted by molar-refractivity contribution is 7.22. The molecule has 0 bridgehead atoms. The number of nitrogens with zero attached hydrogens (tertiary/aromatic N) is 2. The summed E-state index contributed by atoms with van der Waals surface area (Å²) in [5, 5.41) is 0.626. The number of halogens is 1. The first-order valence-electron chi connectivity index (χ1n) is 8.94. The van der Waals surface area contributed by atoms with E-state index in [0.29, 0.717) is 45.5 Å². The van der Waals surface area contributed by atoms with Crippen molar-refractivity contribution in [2.24, 2.45) is 0 Å². The fourth-order valence-electron chi connectivity index (χ4n) is 3.32. The van der Waals surface area contributed by atoms with Gasteiger partial charge in [0, 0.05) is 26.7 Å².